The summed E-state index contributed by atoms with van der Waals surface area (Å²) < 4.78 is 15.0. The van der Waals surface area contributed by atoms with Crippen molar-refractivity contribution in [2.24, 2.45) is 0 Å². The van der Waals surface area contributed by atoms with Crippen molar-refractivity contribution >= 4 is 79.7 Å². The largest absolute Gasteiger partial charge is 0.465 e. The minimum absolute atomic E-state index is 0. The van der Waals surface area contributed by atoms with Gasteiger partial charge in [-0.1, -0.05) is 238 Å². The van der Waals surface area contributed by atoms with Crippen molar-refractivity contribution in [1.82, 2.24) is 0 Å². The van der Waals surface area contributed by atoms with E-state index in [2.05, 4.69) is 109 Å². The van der Waals surface area contributed by atoms with E-state index in [4.69, 9.17) is 14.2 Å². The Morgan fingerprint density at radius 1 is 0.270 bits per heavy atom. The number of esters is 3. The van der Waals surface area contributed by atoms with Gasteiger partial charge in [0.1, 0.15) is 19.8 Å². The van der Waals surface area contributed by atoms with E-state index >= 15 is 0 Å². The van der Waals surface area contributed by atoms with E-state index in [1.807, 2.05) is 0 Å². The fourth-order valence-electron chi connectivity index (χ4n) is 7.72. The van der Waals surface area contributed by atoms with E-state index in [0.717, 1.165) is 38.5 Å². The van der Waals surface area contributed by atoms with E-state index in [0.29, 0.717) is 56.3 Å². The van der Waals surface area contributed by atoms with Crippen LogP contribution in [0.25, 0.3) is 0 Å². The predicted molar refractivity (Wildman–Crippen MR) is 339 cm³/mol. The molecule has 0 aliphatic heterocycles. The minimum atomic E-state index is -0.0725. The summed E-state index contributed by atoms with van der Waals surface area (Å²) in [5, 5.41) is 0. The minimum Gasteiger partial charge on any atom is -0.465 e. The molecule has 0 saturated heterocycles. The average molecular weight is 1200 g/mol. The fourth-order valence-corrected chi connectivity index (χ4v) is 7.99. The van der Waals surface area contributed by atoms with Gasteiger partial charge in [-0.15, -0.1) is 0 Å². The molecule has 0 fully saturated rings. The van der Waals surface area contributed by atoms with Gasteiger partial charge >= 0.3 is 17.9 Å². The SMILES string of the molecule is CCCC.CCCCCCCC/C=C/CCCCCCCC(=O)OCCS.CCCCCCCC/C=C/CCCCCCCC(=O)OCCS.CCCCCCCC/C=C/CCCCCCCC(=O)OCCS.[Sn]. The van der Waals surface area contributed by atoms with Gasteiger partial charge in [0.2, 0.25) is 0 Å². The number of carbonyl (C=O) groups excluding carboxylic acids is 3. The van der Waals surface area contributed by atoms with Gasteiger partial charge < -0.3 is 14.2 Å². The third kappa shape index (κ3) is 88.1. The zero-order valence-electron chi connectivity index (χ0n) is 49.6. The van der Waals surface area contributed by atoms with E-state index in [-0.39, 0.29) is 41.8 Å². The summed E-state index contributed by atoms with van der Waals surface area (Å²) in [4.78, 5) is 33.8. The smallest absolute Gasteiger partial charge is 0.305 e. The van der Waals surface area contributed by atoms with Crippen LogP contribution < -0.4 is 0 Å². The van der Waals surface area contributed by atoms with Crippen molar-refractivity contribution < 1.29 is 28.6 Å². The Morgan fingerprint density at radius 3 is 0.622 bits per heavy atom. The van der Waals surface area contributed by atoms with Gasteiger partial charge in [0, 0.05) is 60.4 Å². The van der Waals surface area contributed by atoms with E-state index in [9.17, 15) is 14.4 Å². The third-order valence-electron chi connectivity index (χ3n) is 12.5. The first-order valence-corrected chi connectivity index (χ1v) is 33.0. The monoisotopic (exact) mass is 1200 g/mol. The first-order valence-electron chi connectivity index (χ1n) is 31.1. The van der Waals surface area contributed by atoms with Crippen molar-refractivity contribution in [1.29, 1.82) is 0 Å². The van der Waals surface area contributed by atoms with E-state index in [1.165, 1.54) is 225 Å². The Morgan fingerprint density at radius 2 is 0.446 bits per heavy atom. The zero-order chi connectivity index (χ0) is 54.5. The Hall–Kier alpha value is -0.521. The molecule has 0 rings (SSSR count). The molecule has 0 aliphatic carbocycles. The molecule has 0 aromatic carbocycles. The number of unbranched alkanes of at least 4 members (excludes halogenated alkanes) is 34. The van der Waals surface area contributed by atoms with Crippen LogP contribution in [0.5, 0.6) is 0 Å². The number of rotatable bonds is 52. The van der Waals surface area contributed by atoms with Crippen molar-refractivity contribution in [3.8, 4) is 0 Å². The Balaban J connectivity index is -0.000000308. The fraction of sp³-hybridized carbons (Fsp3) is 0.859. The molecule has 74 heavy (non-hydrogen) atoms. The first-order chi connectivity index (χ1) is 35.8. The van der Waals surface area contributed by atoms with Crippen LogP contribution in [0.4, 0.5) is 0 Å². The molecule has 0 saturated carbocycles. The van der Waals surface area contributed by atoms with Gasteiger partial charge in [-0.25, -0.2) is 0 Å². The predicted octanol–water partition coefficient (Wildman–Crippen LogP) is 20.9. The molecule has 0 aromatic heterocycles. The molecule has 0 bridgehead atoms. The summed E-state index contributed by atoms with van der Waals surface area (Å²) in [6.07, 6.45) is 68.3. The van der Waals surface area contributed by atoms with Crippen molar-refractivity contribution in [2.45, 2.75) is 317 Å². The van der Waals surface area contributed by atoms with Crippen molar-refractivity contribution in [3.63, 3.8) is 0 Å². The summed E-state index contributed by atoms with van der Waals surface area (Å²) in [7, 11) is 0. The molecule has 0 spiro atoms. The van der Waals surface area contributed by atoms with E-state index in [1.54, 1.807) is 0 Å². The molecule has 0 aromatic rings. The summed E-state index contributed by atoms with van der Waals surface area (Å²) in [6.45, 7) is 12.5. The molecule has 6 nitrogen and oxygen atoms in total. The maximum atomic E-state index is 11.3. The molecule has 0 aliphatic rings. The Labute approximate surface area is 495 Å². The molecule has 0 N–H and O–H groups in total. The van der Waals surface area contributed by atoms with Gasteiger partial charge in [-0.3, -0.25) is 14.4 Å². The summed E-state index contributed by atoms with van der Waals surface area (Å²) in [5.74, 6) is 1.61. The van der Waals surface area contributed by atoms with Gasteiger partial charge in [0.25, 0.3) is 0 Å². The second-order valence-electron chi connectivity index (χ2n) is 19.8. The van der Waals surface area contributed by atoms with Crippen LogP contribution in [-0.4, -0.2) is 78.9 Å². The Kier molecular flexibility index (Phi) is 90.5. The summed E-state index contributed by atoms with van der Waals surface area (Å²) in [5.41, 5.74) is 0. The van der Waals surface area contributed by atoms with Gasteiger partial charge in [-0.05, 0) is 96.3 Å². The van der Waals surface area contributed by atoms with Crippen LogP contribution >= 0.6 is 37.9 Å². The molecule has 4 radical (unpaired) electrons. The normalized spacial score (nSPS) is 10.9. The van der Waals surface area contributed by atoms with Crippen LogP contribution in [0, 0.1) is 0 Å². The molecular formula is C64H124O6S3Sn. The van der Waals surface area contributed by atoms with Crippen LogP contribution in [0.2, 0.25) is 0 Å². The summed E-state index contributed by atoms with van der Waals surface area (Å²) in [6, 6.07) is 0. The van der Waals surface area contributed by atoms with Crippen LogP contribution in [0.15, 0.2) is 36.5 Å². The van der Waals surface area contributed by atoms with E-state index < -0.39 is 0 Å². The number of allylic oxidation sites excluding steroid dienone is 6. The molecule has 0 unspecified atom stereocenters. The maximum Gasteiger partial charge on any atom is 0.305 e. The van der Waals surface area contributed by atoms with Gasteiger partial charge in [0.15, 0.2) is 0 Å². The first kappa shape index (κ1) is 82.3. The number of carbonyl (C=O) groups is 3. The molecular weight excluding hydrogens is 1080 g/mol. The zero-order valence-corrected chi connectivity index (χ0v) is 55.1. The molecule has 0 amide bonds. The quantitative estimate of drug-likeness (QED) is 0.0141. The molecule has 10 heteroatoms. The topological polar surface area (TPSA) is 78.9 Å². The van der Waals surface area contributed by atoms with Crippen LogP contribution in [0.1, 0.15) is 317 Å². The second kappa shape index (κ2) is 81.3. The second-order valence-corrected chi connectivity index (χ2v) is 21.2. The van der Waals surface area contributed by atoms with Gasteiger partial charge in [-0.2, -0.15) is 37.9 Å². The number of thiol groups is 3. The number of hydrogen-bond donors (Lipinski definition) is 3. The van der Waals surface area contributed by atoms with Crippen molar-refractivity contribution in [3.05, 3.63) is 36.5 Å². The average Bonchev–Trinajstić information content (AvgIpc) is 3.40. The Bertz CT molecular complexity index is 1000. The molecule has 0 heterocycles. The van der Waals surface area contributed by atoms with Crippen LogP contribution in [0.3, 0.4) is 0 Å². The van der Waals surface area contributed by atoms with Crippen LogP contribution in [-0.2, 0) is 28.6 Å². The number of hydrogen-bond acceptors (Lipinski definition) is 9. The van der Waals surface area contributed by atoms with Gasteiger partial charge in [0.05, 0.1) is 0 Å². The third-order valence-corrected chi connectivity index (χ3v) is 13.0. The molecule has 0 atom stereocenters. The standard InChI is InChI=1S/3C20H38O2S.C4H10.Sn/c3*1-2-3-4-5-6-7-8-9-10-11-12-13-14-15-16-17-20(21)22-18-19-23;1-3-4-2;/h3*9-10,23H,2-8,11-19H2,1H3;3-4H2,1-2H3;/b3*10-9+;;. The van der Waals surface area contributed by atoms with Crippen molar-refractivity contribution in [2.75, 3.05) is 37.1 Å². The number of ether oxygens (including phenoxy) is 3. The molecule has 438 valence electrons. The summed E-state index contributed by atoms with van der Waals surface area (Å²) >= 11 is 12.0. The maximum absolute atomic E-state index is 11.3.